The molecule has 0 saturated carbocycles. The van der Waals surface area contributed by atoms with E-state index in [2.05, 4.69) is 25.8 Å². The fraction of sp³-hybridized carbons (Fsp3) is 0.375. The van der Waals surface area contributed by atoms with E-state index in [-0.39, 0.29) is 12.1 Å². The molecular formula is C16H19N7O. The first kappa shape index (κ1) is 14.7. The Balaban J connectivity index is 1.43. The number of benzene rings is 1. The van der Waals surface area contributed by atoms with Crippen LogP contribution in [0.3, 0.4) is 0 Å². The largest absolute Gasteiger partial charge is 0.333 e. The monoisotopic (exact) mass is 325 g/mol. The molecule has 0 bridgehead atoms. The van der Waals surface area contributed by atoms with Crippen molar-refractivity contribution in [3.8, 4) is 0 Å². The Hall–Kier alpha value is -2.90. The number of aryl methyl sites for hydroxylation is 2. The van der Waals surface area contributed by atoms with E-state index < -0.39 is 0 Å². The molecule has 2 amide bonds. The number of amides is 2. The Morgan fingerprint density at radius 2 is 2.29 bits per heavy atom. The van der Waals surface area contributed by atoms with Crippen LogP contribution in [-0.4, -0.2) is 36.6 Å². The maximum Gasteiger partial charge on any atom is 0.319 e. The molecule has 0 saturated heterocycles. The summed E-state index contributed by atoms with van der Waals surface area (Å²) in [6.07, 6.45) is 5.09. The van der Waals surface area contributed by atoms with Crippen LogP contribution in [0.5, 0.6) is 0 Å². The van der Waals surface area contributed by atoms with E-state index in [0.717, 1.165) is 41.8 Å². The molecule has 0 radical (unpaired) electrons. The molecule has 0 spiro atoms. The summed E-state index contributed by atoms with van der Waals surface area (Å²) in [6.45, 7) is 3.49. The zero-order chi connectivity index (χ0) is 16.5. The Kier molecular flexibility index (Phi) is 3.64. The molecule has 1 aliphatic heterocycles. The van der Waals surface area contributed by atoms with Gasteiger partial charge in [-0.2, -0.15) is 10.2 Å². The Bertz CT molecular complexity index is 882. The van der Waals surface area contributed by atoms with Crippen LogP contribution >= 0.6 is 0 Å². The minimum Gasteiger partial charge on any atom is -0.333 e. The minimum atomic E-state index is -0.203. The second-order valence-electron chi connectivity index (χ2n) is 5.93. The van der Waals surface area contributed by atoms with Gasteiger partial charge in [-0.25, -0.2) is 14.5 Å². The van der Waals surface area contributed by atoms with E-state index in [1.165, 1.54) is 0 Å². The van der Waals surface area contributed by atoms with Crippen molar-refractivity contribution in [2.24, 2.45) is 0 Å². The van der Waals surface area contributed by atoms with Crippen molar-refractivity contribution < 1.29 is 4.79 Å². The van der Waals surface area contributed by atoms with Crippen LogP contribution in [0.1, 0.15) is 19.2 Å². The van der Waals surface area contributed by atoms with Crippen LogP contribution in [-0.2, 0) is 19.5 Å². The zero-order valence-corrected chi connectivity index (χ0v) is 13.4. The van der Waals surface area contributed by atoms with Gasteiger partial charge in [-0.1, -0.05) is 0 Å². The lowest BCUT2D eigenvalue weighted by Gasteiger charge is -2.23. The quantitative estimate of drug-likeness (QED) is 0.768. The highest BCUT2D eigenvalue weighted by atomic mass is 16.2. The lowest BCUT2D eigenvalue weighted by molar-refractivity contribution is 0.243. The molecule has 0 unspecified atom stereocenters. The predicted molar refractivity (Wildman–Crippen MR) is 89.7 cm³/mol. The smallest absolute Gasteiger partial charge is 0.319 e. The average molecular weight is 325 g/mol. The van der Waals surface area contributed by atoms with Crippen LogP contribution in [0.2, 0.25) is 0 Å². The summed E-state index contributed by atoms with van der Waals surface area (Å²) in [5.74, 6) is 0.978. The van der Waals surface area contributed by atoms with Gasteiger partial charge in [-0.15, -0.1) is 0 Å². The number of anilines is 1. The van der Waals surface area contributed by atoms with E-state index in [1.54, 1.807) is 6.33 Å². The van der Waals surface area contributed by atoms with Crippen LogP contribution in [0, 0.1) is 0 Å². The fourth-order valence-corrected chi connectivity index (χ4v) is 3.11. The molecule has 1 atom stereocenters. The number of nitrogens with zero attached hydrogens (tertiary/aromatic N) is 5. The number of carbonyl (C=O) groups is 1. The lowest BCUT2D eigenvalue weighted by Crippen LogP contribution is -2.43. The van der Waals surface area contributed by atoms with E-state index in [4.69, 9.17) is 0 Å². The molecule has 2 aromatic heterocycles. The third-order valence-corrected chi connectivity index (χ3v) is 4.34. The van der Waals surface area contributed by atoms with Gasteiger partial charge in [0.05, 0.1) is 24.3 Å². The molecule has 124 valence electrons. The highest BCUT2D eigenvalue weighted by molar-refractivity contribution is 5.92. The van der Waals surface area contributed by atoms with Crippen molar-refractivity contribution in [3.63, 3.8) is 0 Å². The van der Waals surface area contributed by atoms with E-state index in [0.29, 0.717) is 6.54 Å². The number of rotatable bonds is 3. The maximum absolute atomic E-state index is 12.3. The molecule has 8 nitrogen and oxygen atoms in total. The van der Waals surface area contributed by atoms with Gasteiger partial charge in [0.1, 0.15) is 12.2 Å². The van der Waals surface area contributed by atoms with Crippen LogP contribution < -0.4 is 10.6 Å². The average Bonchev–Trinajstić information content (AvgIpc) is 3.20. The number of hydrogen-bond acceptors (Lipinski definition) is 4. The Labute approximate surface area is 138 Å². The van der Waals surface area contributed by atoms with Crippen molar-refractivity contribution in [3.05, 3.63) is 36.5 Å². The van der Waals surface area contributed by atoms with Gasteiger partial charge >= 0.3 is 6.03 Å². The van der Waals surface area contributed by atoms with Gasteiger partial charge < -0.3 is 10.6 Å². The number of hydrogen-bond donors (Lipinski definition) is 2. The van der Waals surface area contributed by atoms with Crippen LogP contribution in [0.25, 0.3) is 10.9 Å². The molecule has 3 aromatic rings. The summed E-state index contributed by atoms with van der Waals surface area (Å²) in [5, 5.41) is 15.5. The number of aromatic nitrogens is 5. The third kappa shape index (κ3) is 2.70. The number of nitrogens with one attached hydrogen (secondary N) is 2. The van der Waals surface area contributed by atoms with Gasteiger partial charge in [0.2, 0.25) is 0 Å². The first-order chi connectivity index (χ1) is 11.7. The maximum atomic E-state index is 12.3. The van der Waals surface area contributed by atoms with Gasteiger partial charge in [-0.3, -0.25) is 4.68 Å². The first-order valence-corrected chi connectivity index (χ1v) is 8.12. The number of carbonyl (C=O) groups excluding carboxylic acids is 1. The summed E-state index contributed by atoms with van der Waals surface area (Å²) >= 11 is 0. The van der Waals surface area contributed by atoms with E-state index >= 15 is 0 Å². The molecular weight excluding hydrogens is 306 g/mol. The van der Waals surface area contributed by atoms with Crippen molar-refractivity contribution in [1.29, 1.82) is 0 Å². The molecule has 8 heteroatoms. The molecule has 1 aliphatic rings. The second kappa shape index (κ2) is 5.95. The highest BCUT2D eigenvalue weighted by Crippen LogP contribution is 2.19. The summed E-state index contributed by atoms with van der Waals surface area (Å²) in [6, 6.07) is 5.66. The number of urea groups is 1. The predicted octanol–water partition coefficient (Wildman–Crippen LogP) is 1.78. The zero-order valence-electron chi connectivity index (χ0n) is 13.4. The van der Waals surface area contributed by atoms with E-state index in [1.807, 2.05) is 40.7 Å². The van der Waals surface area contributed by atoms with Gasteiger partial charge in [0.15, 0.2) is 0 Å². The highest BCUT2D eigenvalue weighted by Gasteiger charge is 2.21. The van der Waals surface area contributed by atoms with Crippen LogP contribution in [0.15, 0.2) is 30.7 Å². The Morgan fingerprint density at radius 1 is 1.38 bits per heavy atom. The minimum absolute atomic E-state index is 0.0594. The molecule has 0 aliphatic carbocycles. The standard InChI is InChI=1S/C16H19N7O/c1-2-22-14-7-12(4-3-11(14)8-18-22)20-16(24)21-13-5-6-15-17-10-19-23(15)9-13/h3-4,7-8,10,13H,2,5-6,9H2,1H3,(H2,20,21,24)/t13-/m0/s1. The summed E-state index contributed by atoms with van der Waals surface area (Å²) < 4.78 is 3.76. The molecule has 4 rings (SSSR count). The molecule has 2 N–H and O–H groups in total. The fourth-order valence-electron chi connectivity index (χ4n) is 3.11. The van der Waals surface area contributed by atoms with E-state index in [9.17, 15) is 4.79 Å². The molecule has 24 heavy (non-hydrogen) atoms. The molecule has 1 aromatic carbocycles. The molecule has 0 fully saturated rings. The van der Waals surface area contributed by atoms with Gasteiger partial charge in [-0.05, 0) is 31.5 Å². The van der Waals surface area contributed by atoms with Crippen molar-refractivity contribution in [1.82, 2.24) is 29.9 Å². The van der Waals surface area contributed by atoms with Gasteiger partial charge in [0.25, 0.3) is 0 Å². The summed E-state index contributed by atoms with van der Waals surface area (Å²) in [5.41, 5.74) is 1.77. The topological polar surface area (TPSA) is 89.7 Å². The third-order valence-electron chi connectivity index (χ3n) is 4.34. The normalized spacial score (nSPS) is 16.8. The van der Waals surface area contributed by atoms with Crippen molar-refractivity contribution in [2.45, 2.75) is 38.9 Å². The summed E-state index contributed by atoms with van der Waals surface area (Å²) in [7, 11) is 0. The van der Waals surface area contributed by atoms with Gasteiger partial charge in [0, 0.05) is 24.0 Å². The molecule has 3 heterocycles. The van der Waals surface area contributed by atoms with Crippen molar-refractivity contribution in [2.75, 3.05) is 5.32 Å². The second-order valence-corrected chi connectivity index (χ2v) is 5.93. The van der Waals surface area contributed by atoms with Crippen molar-refractivity contribution >= 4 is 22.6 Å². The Morgan fingerprint density at radius 3 is 3.17 bits per heavy atom. The summed E-state index contributed by atoms with van der Waals surface area (Å²) in [4.78, 5) is 16.5. The number of fused-ring (bicyclic) bond motifs is 2. The SMILES string of the molecule is CCn1ncc2ccc(NC(=O)N[C@H]3CCc4ncnn4C3)cc21. The lowest BCUT2D eigenvalue weighted by atomic mass is 10.1. The van der Waals surface area contributed by atoms with Crippen LogP contribution in [0.4, 0.5) is 10.5 Å². The first-order valence-electron chi connectivity index (χ1n) is 8.12.